The van der Waals surface area contributed by atoms with E-state index in [1.54, 1.807) is 7.05 Å². The number of aryl methyl sites for hydroxylation is 1. The number of carbonyl (C=O) groups excluding carboxylic acids is 1. The summed E-state index contributed by atoms with van der Waals surface area (Å²) in [5.74, 6) is -0.498. The molecule has 0 aliphatic carbocycles. The Morgan fingerprint density at radius 2 is 2.23 bits per heavy atom. The summed E-state index contributed by atoms with van der Waals surface area (Å²) in [6.45, 7) is 0. The van der Waals surface area contributed by atoms with Crippen molar-refractivity contribution in [3.05, 3.63) is 17.8 Å². The topological polar surface area (TPSA) is 71.7 Å². The Kier molecular flexibility index (Phi) is 2.74. The summed E-state index contributed by atoms with van der Waals surface area (Å²) in [5, 5.41) is 17.7. The zero-order chi connectivity index (χ0) is 10.0. The van der Waals surface area contributed by atoms with E-state index in [9.17, 15) is 4.79 Å². The number of hydrogen-bond acceptors (Lipinski definition) is 4. The molecule has 1 aromatic rings. The van der Waals surface area contributed by atoms with Crippen molar-refractivity contribution < 1.29 is 19.6 Å². The third-order valence-corrected chi connectivity index (χ3v) is 1.73. The number of aromatic nitrogens is 1. The Morgan fingerprint density at radius 3 is 2.62 bits per heavy atom. The monoisotopic (exact) mass is 183 g/mol. The maximum Gasteiger partial charge on any atom is 0.505 e. The average molecular weight is 183 g/mol. The van der Waals surface area contributed by atoms with E-state index in [2.05, 4.69) is 4.74 Å². The van der Waals surface area contributed by atoms with E-state index in [1.807, 2.05) is 0 Å². The van der Waals surface area contributed by atoms with Crippen molar-refractivity contribution >= 4 is 18.7 Å². The summed E-state index contributed by atoms with van der Waals surface area (Å²) in [7, 11) is 1.30. The first-order chi connectivity index (χ1) is 6.06. The van der Waals surface area contributed by atoms with Gasteiger partial charge in [-0.05, 0) is 6.07 Å². The minimum Gasteiger partial charge on any atom is -0.465 e. The molecule has 0 amide bonds. The van der Waals surface area contributed by atoms with Crippen LogP contribution in [-0.4, -0.2) is 34.8 Å². The molecule has 0 aliphatic rings. The van der Waals surface area contributed by atoms with Gasteiger partial charge in [0.1, 0.15) is 0 Å². The predicted molar refractivity (Wildman–Crippen MR) is 46.6 cm³/mol. The van der Waals surface area contributed by atoms with Gasteiger partial charge < -0.3 is 19.4 Å². The lowest BCUT2D eigenvalue weighted by Gasteiger charge is -1.98. The van der Waals surface area contributed by atoms with Crippen LogP contribution in [0.3, 0.4) is 0 Å². The maximum atomic E-state index is 11.0. The van der Waals surface area contributed by atoms with E-state index in [1.165, 1.54) is 23.9 Å². The lowest BCUT2D eigenvalue weighted by molar-refractivity contribution is 0.0601. The van der Waals surface area contributed by atoms with Gasteiger partial charge in [0.25, 0.3) is 0 Å². The van der Waals surface area contributed by atoms with Crippen molar-refractivity contribution in [3.8, 4) is 0 Å². The molecule has 0 atom stereocenters. The van der Waals surface area contributed by atoms with Crippen molar-refractivity contribution in [2.24, 2.45) is 7.05 Å². The van der Waals surface area contributed by atoms with Gasteiger partial charge in [0, 0.05) is 18.8 Å². The van der Waals surface area contributed by atoms with E-state index in [0.717, 1.165) is 0 Å². The molecule has 2 N–H and O–H groups in total. The molecule has 0 saturated carbocycles. The minimum absolute atomic E-state index is 0.250. The largest absolute Gasteiger partial charge is 0.505 e. The summed E-state index contributed by atoms with van der Waals surface area (Å²) in [6, 6.07) is 1.37. The third kappa shape index (κ3) is 1.91. The Balaban J connectivity index is 3.02. The average Bonchev–Trinajstić information content (AvgIpc) is 2.46. The first-order valence-corrected chi connectivity index (χ1v) is 3.67. The lowest BCUT2D eigenvalue weighted by Crippen LogP contribution is -2.34. The molecule has 0 fully saturated rings. The fourth-order valence-electron chi connectivity index (χ4n) is 1.07. The number of carbonyl (C=O) groups is 1. The first-order valence-electron chi connectivity index (χ1n) is 3.67. The van der Waals surface area contributed by atoms with Crippen LogP contribution >= 0.6 is 0 Å². The molecule has 1 rings (SSSR count). The fourth-order valence-corrected chi connectivity index (χ4v) is 1.07. The smallest absolute Gasteiger partial charge is 0.465 e. The van der Waals surface area contributed by atoms with Gasteiger partial charge in [0.15, 0.2) is 0 Å². The van der Waals surface area contributed by atoms with Crippen LogP contribution in [0.5, 0.6) is 0 Å². The van der Waals surface area contributed by atoms with Crippen LogP contribution in [0.4, 0.5) is 0 Å². The summed E-state index contributed by atoms with van der Waals surface area (Å²) >= 11 is 0. The molecule has 6 heteroatoms. The Bertz CT molecular complexity index is 320. The quantitative estimate of drug-likeness (QED) is 0.432. The van der Waals surface area contributed by atoms with Crippen LogP contribution < -0.4 is 5.59 Å². The molecule has 0 bridgehead atoms. The molecule has 0 aromatic carbocycles. The van der Waals surface area contributed by atoms with E-state index >= 15 is 0 Å². The van der Waals surface area contributed by atoms with Gasteiger partial charge in [-0.25, -0.2) is 4.79 Å². The van der Waals surface area contributed by atoms with E-state index < -0.39 is 13.1 Å². The SMILES string of the molecule is COC(=O)c1cc(B(O)O)n(C)c1. The molecule has 5 nitrogen and oxygen atoms in total. The van der Waals surface area contributed by atoms with Crippen molar-refractivity contribution in [3.63, 3.8) is 0 Å². The van der Waals surface area contributed by atoms with Gasteiger partial charge >= 0.3 is 13.1 Å². The molecule has 0 saturated heterocycles. The molecular weight excluding hydrogens is 173 g/mol. The highest BCUT2D eigenvalue weighted by atomic mass is 16.5. The normalized spacial score (nSPS) is 9.85. The summed E-state index contributed by atoms with van der Waals surface area (Å²) in [4.78, 5) is 11.0. The molecule has 0 radical (unpaired) electrons. The van der Waals surface area contributed by atoms with E-state index in [4.69, 9.17) is 10.0 Å². The van der Waals surface area contributed by atoms with E-state index in [0.29, 0.717) is 5.56 Å². The first kappa shape index (κ1) is 9.82. The maximum absolute atomic E-state index is 11.0. The lowest BCUT2D eigenvalue weighted by atomic mass is 9.86. The molecular formula is C7H10BNO4. The number of hydrogen-bond donors (Lipinski definition) is 2. The van der Waals surface area contributed by atoms with Crippen LogP contribution in [0, 0.1) is 0 Å². The highest BCUT2D eigenvalue weighted by molar-refractivity contribution is 6.57. The van der Waals surface area contributed by atoms with Crippen LogP contribution in [0.2, 0.25) is 0 Å². The van der Waals surface area contributed by atoms with Gasteiger partial charge in [0.2, 0.25) is 0 Å². The van der Waals surface area contributed by atoms with Gasteiger partial charge in [0.05, 0.1) is 12.7 Å². The predicted octanol–water partition coefficient (Wildman–Crippen LogP) is -1.51. The zero-order valence-corrected chi connectivity index (χ0v) is 7.39. The van der Waals surface area contributed by atoms with Crippen LogP contribution in [0.25, 0.3) is 0 Å². The summed E-state index contributed by atoms with van der Waals surface area (Å²) < 4.78 is 5.92. The van der Waals surface area contributed by atoms with Crippen LogP contribution in [-0.2, 0) is 11.8 Å². The second-order valence-corrected chi connectivity index (χ2v) is 2.63. The highest BCUT2D eigenvalue weighted by Crippen LogP contribution is 1.99. The number of methoxy groups -OCH3 is 1. The number of nitrogens with zero attached hydrogens (tertiary/aromatic N) is 1. The third-order valence-electron chi connectivity index (χ3n) is 1.73. The molecule has 1 aromatic heterocycles. The highest BCUT2D eigenvalue weighted by Gasteiger charge is 2.18. The summed E-state index contributed by atoms with van der Waals surface area (Å²) in [5.41, 5.74) is 0.550. The van der Waals surface area contributed by atoms with Crippen LogP contribution in [0.15, 0.2) is 12.3 Å². The second-order valence-electron chi connectivity index (χ2n) is 2.63. The molecule has 0 aliphatic heterocycles. The summed E-state index contributed by atoms with van der Waals surface area (Å²) in [6.07, 6.45) is 1.47. The number of rotatable bonds is 2. The van der Waals surface area contributed by atoms with Crippen molar-refractivity contribution in [2.75, 3.05) is 7.11 Å². The Morgan fingerprint density at radius 1 is 1.62 bits per heavy atom. The van der Waals surface area contributed by atoms with Crippen molar-refractivity contribution in [1.82, 2.24) is 4.57 Å². The standard InChI is InChI=1S/C7H10BNO4/c1-9-4-5(7(10)13-2)3-6(9)8(11)12/h3-4,11-12H,1-2H3. The van der Waals surface area contributed by atoms with Gasteiger partial charge in [-0.1, -0.05) is 0 Å². The Hall–Kier alpha value is -1.27. The van der Waals surface area contributed by atoms with Gasteiger partial charge in [-0.15, -0.1) is 0 Å². The minimum atomic E-state index is -1.58. The number of ether oxygens (including phenoxy) is 1. The van der Waals surface area contributed by atoms with Crippen molar-refractivity contribution in [1.29, 1.82) is 0 Å². The molecule has 0 spiro atoms. The van der Waals surface area contributed by atoms with E-state index in [-0.39, 0.29) is 5.59 Å². The molecule has 13 heavy (non-hydrogen) atoms. The fraction of sp³-hybridized carbons (Fsp3) is 0.286. The molecule has 0 unspecified atom stereocenters. The Labute approximate surface area is 75.7 Å². The number of esters is 1. The van der Waals surface area contributed by atoms with Gasteiger partial charge in [-0.2, -0.15) is 0 Å². The van der Waals surface area contributed by atoms with Crippen molar-refractivity contribution in [2.45, 2.75) is 0 Å². The zero-order valence-electron chi connectivity index (χ0n) is 7.39. The molecule has 70 valence electrons. The molecule has 1 heterocycles. The van der Waals surface area contributed by atoms with Crippen LogP contribution in [0.1, 0.15) is 10.4 Å². The second kappa shape index (κ2) is 3.63. The van der Waals surface area contributed by atoms with Gasteiger partial charge in [-0.3, -0.25) is 0 Å².